The fraction of sp³-hybridized carbons (Fsp3) is 0.476. The first-order chi connectivity index (χ1) is 15.1. The van der Waals surface area contributed by atoms with Crippen LogP contribution in [0.5, 0.6) is 0 Å². The van der Waals surface area contributed by atoms with Crippen LogP contribution in [-0.4, -0.2) is 56.3 Å². The van der Waals surface area contributed by atoms with Gasteiger partial charge in [-0.15, -0.1) is 11.3 Å². The monoisotopic (exact) mass is 479 g/mol. The number of sulfonamides is 1. The van der Waals surface area contributed by atoms with Crippen molar-refractivity contribution >= 4 is 38.3 Å². The van der Waals surface area contributed by atoms with Crippen LogP contribution in [0.25, 0.3) is 0 Å². The van der Waals surface area contributed by atoms with E-state index in [9.17, 15) is 18.0 Å². The predicted molar refractivity (Wildman–Crippen MR) is 124 cm³/mol. The fourth-order valence-electron chi connectivity index (χ4n) is 3.62. The van der Waals surface area contributed by atoms with E-state index in [1.165, 1.54) is 23.5 Å². The number of primary sulfonamides is 1. The van der Waals surface area contributed by atoms with Gasteiger partial charge >= 0.3 is 0 Å². The maximum absolute atomic E-state index is 12.6. The molecule has 1 atom stereocenters. The summed E-state index contributed by atoms with van der Waals surface area (Å²) in [5, 5.41) is 11.5. The average molecular weight is 480 g/mol. The third-order valence-electron chi connectivity index (χ3n) is 5.48. The molecule has 0 radical (unpaired) electrons. The number of nitrogens with two attached hydrogens (primary N) is 1. The Kier molecular flexibility index (Phi) is 7.99. The molecule has 32 heavy (non-hydrogen) atoms. The highest BCUT2D eigenvalue weighted by molar-refractivity contribution is 7.89. The number of hydrogen-bond donors (Lipinski definition) is 3. The molecule has 1 unspecified atom stereocenters. The second-order valence-electron chi connectivity index (χ2n) is 8.01. The van der Waals surface area contributed by atoms with Gasteiger partial charge in [0.15, 0.2) is 5.13 Å². The van der Waals surface area contributed by atoms with Crippen molar-refractivity contribution in [3.05, 3.63) is 40.4 Å². The summed E-state index contributed by atoms with van der Waals surface area (Å²) in [5.74, 6) is -0.309. The molecule has 1 aliphatic heterocycles. The number of nitrogens with one attached hydrogen (secondary N) is 2. The highest BCUT2D eigenvalue weighted by Crippen LogP contribution is 2.21. The second-order valence-corrected chi connectivity index (χ2v) is 10.8. The Morgan fingerprint density at radius 3 is 2.59 bits per heavy atom. The van der Waals surface area contributed by atoms with Gasteiger partial charge in [-0.05, 0) is 57.4 Å². The van der Waals surface area contributed by atoms with Gasteiger partial charge in [-0.1, -0.05) is 12.1 Å². The molecule has 9 nitrogen and oxygen atoms in total. The van der Waals surface area contributed by atoms with Crippen LogP contribution in [0.1, 0.15) is 29.0 Å². The van der Waals surface area contributed by atoms with Crippen LogP contribution in [0, 0.1) is 19.8 Å². The molecule has 1 aromatic carbocycles. The topological polar surface area (TPSA) is 134 Å². The molecule has 4 N–H and O–H groups in total. The van der Waals surface area contributed by atoms with E-state index in [0.717, 1.165) is 35.5 Å². The van der Waals surface area contributed by atoms with Crippen LogP contribution < -0.4 is 15.8 Å². The Balaban J connectivity index is 1.43. The molecule has 1 fully saturated rings. The molecule has 2 heterocycles. The molecular formula is C21H29N5O4S2. The molecule has 0 bridgehead atoms. The molecule has 0 aliphatic carbocycles. The SMILES string of the molecule is Cc1nc(NC(=O)CN2CCCC(C(=O)NCCc3ccc(S(N)(=O)=O)cc3)C2)sc1C. The van der Waals surface area contributed by atoms with Crippen LogP contribution >= 0.6 is 11.3 Å². The first kappa shape index (κ1) is 24.3. The maximum atomic E-state index is 12.6. The number of piperidine rings is 1. The number of rotatable bonds is 8. The highest BCUT2D eigenvalue weighted by Gasteiger charge is 2.26. The number of hydrogen-bond acceptors (Lipinski definition) is 7. The van der Waals surface area contributed by atoms with Crippen molar-refractivity contribution in [3.63, 3.8) is 0 Å². The van der Waals surface area contributed by atoms with Gasteiger partial charge in [0.25, 0.3) is 0 Å². The van der Waals surface area contributed by atoms with Crippen LogP contribution in [0.2, 0.25) is 0 Å². The number of benzene rings is 1. The van der Waals surface area contributed by atoms with Gasteiger partial charge < -0.3 is 10.6 Å². The van der Waals surface area contributed by atoms with Crippen molar-refractivity contribution in [3.8, 4) is 0 Å². The molecule has 1 saturated heterocycles. The second kappa shape index (κ2) is 10.5. The minimum atomic E-state index is -3.71. The van der Waals surface area contributed by atoms with E-state index in [1.54, 1.807) is 12.1 Å². The molecule has 1 aliphatic rings. The van der Waals surface area contributed by atoms with E-state index in [2.05, 4.69) is 15.6 Å². The summed E-state index contributed by atoms with van der Waals surface area (Å²) in [7, 11) is -3.71. The van der Waals surface area contributed by atoms with Crippen LogP contribution in [-0.2, 0) is 26.0 Å². The van der Waals surface area contributed by atoms with Gasteiger partial charge in [-0.25, -0.2) is 18.5 Å². The number of carbonyl (C=O) groups excluding carboxylic acids is 2. The van der Waals surface area contributed by atoms with Crippen molar-refractivity contribution in [1.82, 2.24) is 15.2 Å². The number of anilines is 1. The number of thiazole rings is 1. The Bertz CT molecular complexity index is 1050. The summed E-state index contributed by atoms with van der Waals surface area (Å²) in [5.41, 5.74) is 1.83. The van der Waals surface area contributed by atoms with Crippen molar-refractivity contribution < 1.29 is 18.0 Å². The molecule has 1 aromatic heterocycles. The number of amides is 2. The highest BCUT2D eigenvalue weighted by atomic mass is 32.2. The summed E-state index contributed by atoms with van der Waals surface area (Å²) in [6.45, 7) is 5.89. The third kappa shape index (κ3) is 6.83. The molecular weight excluding hydrogens is 450 g/mol. The predicted octanol–water partition coefficient (Wildman–Crippen LogP) is 1.42. The summed E-state index contributed by atoms with van der Waals surface area (Å²) in [6.07, 6.45) is 2.23. The Hall–Kier alpha value is -2.34. The molecule has 3 rings (SSSR count). The van der Waals surface area contributed by atoms with Crippen LogP contribution in [0.3, 0.4) is 0 Å². The fourth-order valence-corrected chi connectivity index (χ4v) is 4.97. The molecule has 11 heteroatoms. The van der Waals surface area contributed by atoms with Crippen molar-refractivity contribution in [2.24, 2.45) is 11.1 Å². The van der Waals surface area contributed by atoms with Crippen molar-refractivity contribution in [2.75, 3.05) is 31.5 Å². The Morgan fingerprint density at radius 1 is 1.25 bits per heavy atom. The van der Waals surface area contributed by atoms with E-state index in [-0.39, 0.29) is 29.2 Å². The first-order valence-corrected chi connectivity index (χ1v) is 12.8. The van der Waals surface area contributed by atoms with Crippen molar-refractivity contribution in [2.45, 2.75) is 38.0 Å². The standard InChI is InChI=1S/C21H29N5O4S2/c1-14-15(2)31-21(24-14)25-19(27)13-26-11-3-4-17(12-26)20(28)23-10-9-16-5-7-18(8-6-16)32(22,29)30/h5-8,17H,3-4,9-13H2,1-2H3,(H,23,28)(H2,22,29,30)(H,24,25,27). The minimum Gasteiger partial charge on any atom is -0.355 e. The molecule has 0 spiro atoms. The lowest BCUT2D eigenvalue weighted by atomic mass is 9.97. The lowest BCUT2D eigenvalue weighted by molar-refractivity contribution is -0.127. The summed E-state index contributed by atoms with van der Waals surface area (Å²) in [4.78, 5) is 32.4. The summed E-state index contributed by atoms with van der Waals surface area (Å²) < 4.78 is 22.6. The molecule has 2 amide bonds. The smallest absolute Gasteiger partial charge is 0.240 e. The average Bonchev–Trinajstić information content (AvgIpc) is 3.04. The van der Waals surface area contributed by atoms with Crippen molar-refractivity contribution in [1.29, 1.82) is 0 Å². The van der Waals surface area contributed by atoms with E-state index in [0.29, 0.717) is 24.6 Å². The zero-order valence-electron chi connectivity index (χ0n) is 18.3. The lowest BCUT2D eigenvalue weighted by Gasteiger charge is -2.31. The van der Waals surface area contributed by atoms with Crippen LogP contribution in [0.4, 0.5) is 5.13 Å². The van der Waals surface area contributed by atoms with E-state index in [1.807, 2.05) is 18.7 Å². The molecule has 2 aromatic rings. The van der Waals surface area contributed by atoms with Gasteiger partial charge in [-0.2, -0.15) is 0 Å². The summed E-state index contributed by atoms with van der Waals surface area (Å²) in [6, 6.07) is 6.31. The molecule has 0 saturated carbocycles. The largest absolute Gasteiger partial charge is 0.355 e. The molecule has 174 valence electrons. The minimum absolute atomic E-state index is 0.0255. The van der Waals surface area contributed by atoms with Gasteiger partial charge in [-0.3, -0.25) is 14.5 Å². The number of aromatic nitrogens is 1. The van der Waals surface area contributed by atoms with Gasteiger partial charge in [0, 0.05) is 18.0 Å². The number of carbonyl (C=O) groups is 2. The zero-order chi connectivity index (χ0) is 23.3. The lowest BCUT2D eigenvalue weighted by Crippen LogP contribution is -2.45. The zero-order valence-corrected chi connectivity index (χ0v) is 19.9. The maximum Gasteiger partial charge on any atom is 0.240 e. The Labute approximate surface area is 192 Å². The normalized spacial score (nSPS) is 17.2. The number of aryl methyl sites for hydroxylation is 2. The van der Waals surface area contributed by atoms with E-state index in [4.69, 9.17) is 5.14 Å². The number of nitrogens with zero attached hydrogens (tertiary/aromatic N) is 2. The third-order valence-corrected chi connectivity index (χ3v) is 7.40. The van der Waals surface area contributed by atoms with Gasteiger partial charge in [0.2, 0.25) is 21.8 Å². The number of likely N-dealkylation sites (tertiary alicyclic amines) is 1. The Morgan fingerprint density at radius 2 is 1.97 bits per heavy atom. The summed E-state index contributed by atoms with van der Waals surface area (Å²) >= 11 is 1.46. The van der Waals surface area contributed by atoms with E-state index >= 15 is 0 Å². The van der Waals surface area contributed by atoms with Crippen LogP contribution in [0.15, 0.2) is 29.2 Å². The quantitative estimate of drug-likeness (QED) is 0.524. The first-order valence-electron chi connectivity index (χ1n) is 10.5. The van der Waals surface area contributed by atoms with E-state index < -0.39 is 10.0 Å². The van der Waals surface area contributed by atoms with Gasteiger partial charge in [0.05, 0.1) is 23.1 Å². The van der Waals surface area contributed by atoms with Gasteiger partial charge in [0.1, 0.15) is 0 Å².